The van der Waals surface area contributed by atoms with E-state index in [0.717, 1.165) is 12.8 Å². The van der Waals surface area contributed by atoms with Crippen LogP contribution in [0.15, 0.2) is 42.5 Å². The second-order valence-corrected chi connectivity index (χ2v) is 4.97. The Balaban J connectivity index is 2.22. The van der Waals surface area contributed by atoms with Gasteiger partial charge in [0.2, 0.25) is 0 Å². The van der Waals surface area contributed by atoms with Gasteiger partial charge in [0, 0.05) is 0 Å². The predicted octanol–water partition coefficient (Wildman–Crippen LogP) is 3.40. The van der Waals surface area contributed by atoms with Crippen LogP contribution in [0.25, 0.3) is 0 Å². The van der Waals surface area contributed by atoms with Crippen LogP contribution in [-0.4, -0.2) is 6.54 Å². The number of nitrogens with two attached hydrogens (primary N) is 1. The zero-order valence-corrected chi connectivity index (χ0v) is 11.2. The Hall–Kier alpha value is -1.60. The van der Waals surface area contributed by atoms with Crippen LogP contribution in [0, 0.1) is 13.8 Å². The van der Waals surface area contributed by atoms with Gasteiger partial charge in [-0.1, -0.05) is 48.0 Å². The van der Waals surface area contributed by atoms with E-state index >= 15 is 0 Å². The van der Waals surface area contributed by atoms with E-state index in [0.29, 0.717) is 6.54 Å². The second-order valence-electron chi connectivity index (χ2n) is 4.97. The normalized spacial score (nSPS) is 10.6. The van der Waals surface area contributed by atoms with Gasteiger partial charge in [-0.2, -0.15) is 0 Å². The van der Waals surface area contributed by atoms with Gasteiger partial charge >= 0.3 is 0 Å². The standard InChI is InChI=1S/C17H21N/c1-13-6-7-14(2)17(10-13)12-16-5-3-4-15(11-16)8-9-18/h3-7,10-11H,8-9,12,18H2,1-2H3. The van der Waals surface area contributed by atoms with Crippen molar-refractivity contribution >= 4 is 0 Å². The molecule has 0 fully saturated rings. The van der Waals surface area contributed by atoms with Crippen molar-refractivity contribution in [3.63, 3.8) is 0 Å². The zero-order valence-electron chi connectivity index (χ0n) is 11.2. The quantitative estimate of drug-likeness (QED) is 0.869. The fourth-order valence-electron chi connectivity index (χ4n) is 2.27. The van der Waals surface area contributed by atoms with E-state index in [1.165, 1.54) is 27.8 Å². The Bertz CT molecular complexity index is 529. The lowest BCUT2D eigenvalue weighted by atomic mass is 9.97. The third-order valence-electron chi connectivity index (χ3n) is 3.32. The molecule has 18 heavy (non-hydrogen) atoms. The topological polar surface area (TPSA) is 26.0 Å². The molecule has 2 N–H and O–H groups in total. The van der Waals surface area contributed by atoms with Crippen molar-refractivity contribution in [1.29, 1.82) is 0 Å². The van der Waals surface area contributed by atoms with Gasteiger partial charge in [-0.15, -0.1) is 0 Å². The summed E-state index contributed by atoms with van der Waals surface area (Å²) in [6.45, 7) is 5.04. The molecule has 0 aliphatic carbocycles. The number of benzene rings is 2. The van der Waals surface area contributed by atoms with Gasteiger partial charge < -0.3 is 5.73 Å². The van der Waals surface area contributed by atoms with Crippen molar-refractivity contribution in [2.45, 2.75) is 26.7 Å². The minimum atomic E-state index is 0.715. The SMILES string of the molecule is Cc1ccc(C)c(Cc2cccc(CCN)c2)c1. The summed E-state index contributed by atoms with van der Waals surface area (Å²) in [6.07, 6.45) is 1.96. The summed E-state index contributed by atoms with van der Waals surface area (Å²) in [5, 5.41) is 0. The fraction of sp³-hybridized carbons (Fsp3) is 0.294. The lowest BCUT2D eigenvalue weighted by molar-refractivity contribution is 0.963. The van der Waals surface area contributed by atoms with Crippen molar-refractivity contribution in [2.24, 2.45) is 5.73 Å². The first-order valence-corrected chi connectivity index (χ1v) is 6.53. The molecule has 0 unspecified atom stereocenters. The molecular weight excluding hydrogens is 218 g/mol. The van der Waals surface area contributed by atoms with Crippen LogP contribution >= 0.6 is 0 Å². The molecule has 94 valence electrons. The maximum atomic E-state index is 5.61. The van der Waals surface area contributed by atoms with Gasteiger partial charge in [-0.3, -0.25) is 0 Å². The summed E-state index contributed by atoms with van der Waals surface area (Å²) < 4.78 is 0. The summed E-state index contributed by atoms with van der Waals surface area (Å²) in [5.41, 5.74) is 12.4. The van der Waals surface area contributed by atoms with Crippen LogP contribution in [-0.2, 0) is 12.8 Å². The minimum absolute atomic E-state index is 0.715. The van der Waals surface area contributed by atoms with Crippen LogP contribution < -0.4 is 5.73 Å². The van der Waals surface area contributed by atoms with Gasteiger partial charge in [0.1, 0.15) is 0 Å². The van der Waals surface area contributed by atoms with Crippen molar-refractivity contribution in [1.82, 2.24) is 0 Å². The number of hydrogen-bond acceptors (Lipinski definition) is 1. The Kier molecular flexibility index (Phi) is 4.16. The fourth-order valence-corrected chi connectivity index (χ4v) is 2.27. The summed E-state index contributed by atoms with van der Waals surface area (Å²) in [4.78, 5) is 0. The molecular formula is C17H21N. The lowest BCUT2D eigenvalue weighted by Crippen LogP contribution is -2.03. The van der Waals surface area contributed by atoms with Gasteiger partial charge in [0.15, 0.2) is 0 Å². The molecule has 0 bridgehead atoms. The summed E-state index contributed by atoms with van der Waals surface area (Å²) in [7, 11) is 0. The number of rotatable bonds is 4. The highest BCUT2D eigenvalue weighted by molar-refractivity contribution is 5.36. The largest absolute Gasteiger partial charge is 0.330 e. The lowest BCUT2D eigenvalue weighted by Gasteiger charge is -2.08. The average Bonchev–Trinajstić information content (AvgIpc) is 2.35. The Morgan fingerprint density at radius 2 is 1.72 bits per heavy atom. The van der Waals surface area contributed by atoms with E-state index in [1.807, 2.05) is 0 Å². The molecule has 2 aromatic rings. The van der Waals surface area contributed by atoms with E-state index in [4.69, 9.17) is 5.73 Å². The van der Waals surface area contributed by atoms with Crippen LogP contribution in [0.5, 0.6) is 0 Å². The summed E-state index contributed by atoms with van der Waals surface area (Å²) in [6, 6.07) is 15.4. The first kappa shape index (κ1) is 12.8. The third-order valence-corrected chi connectivity index (χ3v) is 3.32. The van der Waals surface area contributed by atoms with Crippen LogP contribution in [0.1, 0.15) is 27.8 Å². The van der Waals surface area contributed by atoms with E-state index < -0.39 is 0 Å². The molecule has 0 aliphatic rings. The molecule has 0 spiro atoms. The molecule has 0 heterocycles. The second kappa shape index (κ2) is 5.83. The maximum absolute atomic E-state index is 5.61. The molecule has 0 saturated carbocycles. The zero-order chi connectivity index (χ0) is 13.0. The Morgan fingerprint density at radius 3 is 2.50 bits per heavy atom. The summed E-state index contributed by atoms with van der Waals surface area (Å²) in [5.74, 6) is 0. The molecule has 1 nitrogen and oxygen atoms in total. The smallest absolute Gasteiger partial charge is 0.00230 e. The third kappa shape index (κ3) is 3.21. The molecule has 1 heteroatoms. The van der Waals surface area contributed by atoms with Crippen LogP contribution in [0.3, 0.4) is 0 Å². The average molecular weight is 239 g/mol. The molecule has 0 aliphatic heterocycles. The van der Waals surface area contributed by atoms with E-state index in [9.17, 15) is 0 Å². The molecule has 2 aromatic carbocycles. The van der Waals surface area contributed by atoms with Crippen molar-refractivity contribution in [3.05, 3.63) is 70.3 Å². The van der Waals surface area contributed by atoms with E-state index in [1.54, 1.807) is 0 Å². The molecule has 0 amide bonds. The first-order chi connectivity index (χ1) is 8.69. The number of aryl methyl sites for hydroxylation is 2. The monoisotopic (exact) mass is 239 g/mol. The van der Waals surface area contributed by atoms with Crippen molar-refractivity contribution in [3.8, 4) is 0 Å². The Morgan fingerprint density at radius 1 is 0.944 bits per heavy atom. The highest BCUT2D eigenvalue weighted by atomic mass is 14.5. The molecule has 2 rings (SSSR count). The van der Waals surface area contributed by atoms with E-state index in [-0.39, 0.29) is 0 Å². The highest BCUT2D eigenvalue weighted by Gasteiger charge is 2.02. The van der Waals surface area contributed by atoms with Gasteiger partial charge in [-0.05, 0) is 55.5 Å². The highest BCUT2D eigenvalue weighted by Crippen LogP contribution is 2.16. The van der Waals surface area contributed by atoms with Crippen molar-refractivity contribution in [2.75, 3.05) is 6.54 Å². The van der Waals surface area contributed by atoms with Gasteiger partial charge in [0.25, 0.3) is 0 Å². The van der Waals surface area contributed by atoms with Crippen LogP contribution in [0.4, 0.5) is 0 Å². The van der Waals surface area contributed by atoms with E-state index in [2.05, 4.69) is 56.3 Å². The minimum Gasteiger partial charge on any atom is -0.330 e. The predicted molar refractivity (Wildman–Crippen MR) is 77.9 cm³/mol. The Labute approximate surface area is 110 Å². The number of hydrogen-bond donors (Lipinski definition) is 1. The van der Waals surface area contributed by atoms with Crippen LogP contribution in [0.2, 0.25) is 0 Å². The maximum Gasteiger partial charge on any atom is -0.00230 e. The summed E-state index contributed by atoms with van der Waals surface area (Å²) >= 11 is 0. The van der Waals surface area contributed by atoms with Crippen molar-refractivity contribution < 1.29 is 0 Å². The molecule has 0 atom stereocenters. The molecule has 0 aromatic heterocycles. The molecule has 0 radical (unpaired) electrons. The first-order valence-electron chi connectivity index (χ1n) is 6.53. The van der Waals surface area contributed by atoms with Gasteiger partial charge in [0.05, 0.1) is 0 Å². The van der Waals surface area contributed by atoms with Gasteiger partial charge in [-0.25, -0.2) is 0 Å². The molecule has 0 saturated heterocycles.